The zero-order valence-corrected chi connectivity index (χ0v) is 17.5. The molecule has 0 aliphatic carbocycles. The summed E-state index contributed by atoms with van der Waals surface area (Å²) < 4.78 is 12.6. The Bertz CT molecular complexity index is 1140. The average molecular weight is 433 g/mol. The summed E-state index contributed by atoms with van der Waals surface area (Å²) in [6, 6.07) is 14.4. The summed E-state index contributed by atoms with van der Waals surface area (Å²) in [6.45, 7) is 3.23. The number of ether oxygens (including phenoxy) is 2. The van der Waals surface area contributed by atoms with Crippen LogP contribution < -0.4 is 14.9 Å². The number of carboxylic acid groups (broad SMARTS) is 1. The van der Waals surface area contributed by atoms with Crippen molar-refractivity contribution in [2.24, 2.45) is 5.10 Å². The van der Waals surface area contributed by atoms with E-state index in [1.807, 2.05) is 41.2 Å². The Morgan fingerprint density at radius 1 is 1.19 bits per heavy atom. The molecule has 1 aromatic heterocycles. The van der Waals surface area contributed by atoms with Crippen LogP contribution in [0.25, 0.3) is 5.69 Å². The van der Waals surface area contributed by atoms with Gasteiger partial charge in [-0.15, -0.1) is 6.58 Å². The molecule has 1 heterocycles. The van der Waals surface area contributed by atoms with Gasteiger partial charge in [-0.05, 0) is 48.4 Å². The van der Waals surface area contributed by atoms with E-state index in [1.165, 1.54) is 13.3 Å². The van der Waals surface area contributed by atoms with Crippen LogP contribution in [-0.4, -0.2) is 41.5 Å². The molecule has 0 atom stereocenters. The normalized spacial score (nSPS) is 10.7. The Balaban J connectivity index is 1.81. The highest BCUT2D eigenvalue weighted by molar-refractivity contribution is 5.98. The fourth-order valence-electron chi connectivity index (χ4n) is 3.13. The molecule has 2 N–H and O–H groups in total. The summed E-state index contributed by atoms with van der Waals surface area (Å²) in [5.41, 5.74) is 5.08. The first-order chi connectivity index (χ1) is 15.5. The van der Waals surface area contributed by atoms with Gasteiger partial charge in [0.05, 0.1) is 24.6 Å². The number of nitrogens with zero attached hydrogens (tertiary/aromatic N) is 2. The molecule has 0 radical (unpaired) electrons. The predicted molar refractivity (Wildman–Crippen MR) is 121 cm³/mol. The van der Waals surface area contributed by atoms with Crippen LogP contribution in [0.15, 0.2) is 78.7 Å². The number of allylic oxidation sites excluding steroid dienone is 1. The van der Waals surface area contributed by atoms with Crippen LogP contribution in [-0.2, 0) is 11.2 Å². The highest BCUT2D eigenvalue weighted by Gasteiger charge is 2.14. The number of para-hydroxylation sites is 1. The number of aromatic nitrogens is 1. The number of carbonyl (C=O) groups is 2. The van der Waals surface area contributed by atoms with Gasteiger partial charge in [-0.2, -0.15) is 5.10 Å². The molecule has 8 nitrogen and oxygen atoms in total. The van der Waals surface area contributed by atoms with Crippen LogP contribution in [0.3, 0.4) is 0 Å². The Morgan fingerprint density at radius 2 is 1.94 bits per heavy atom. The molecule has 0 unspecified atom stereocenters. The maximum Gasteiger partial charge on any atom is 0.341 e. The number of carbonyl (C=O) groups excluding carboxylic acids is 1. The van der Waals surface area contributed by atoms with Gasteiger partial charge >= 0.3 is 5.97 Å². The molecule has 0 saturated heterocycles. The molecule has 1 amide bonds. The molecule has 8 heteroatoms. The van der Waals surface area contributed by atoms with E-state index in [0.717, 1.165) is 5.69 Å². The maximum absolute atomic E-state index is 12.7. The van der Waals surface area contributed by atoms with E-state index < -0.39 is 12.6 Å². The van der Waals surface area contributed by atoms with Gasteiger partial charge in [0, 0.05) is 18.0 Å². The molecule has 0 aliphatic rings. The van der Waals surface area contributed by atoms with Crippen molar-refractivity contribution in [1.82, 2.24) is 9.99 Å². The van der Waals surface area contributed by atoms with Crippen molar-refractivity contribution in [2.75, 3.05) is 13.7 Å². The van der Waals surface area contributed by atoms with Gasteiger partial charge in [0.1, 0.15) is 0 Å². The van der Waals surface area contributed by atoms with Gasteiger partial charge in [0.15, 0.2) is 18.1 Å². The van der Waals surface area contributed by atoms with Gasteiger partial charge in [-0.25, -0.2) is 10.2 Å². The van der Waals surface area contributed by atoms with Crippen molar-refractivity contribution in [3.63, 3.8) is 0 Å². The molecule has 0 spiro atoms. The summed E-state index contributed by atoms with van der Waals surface area (Å²) in [6.07, 6.45) is 7.30. The topological polar surface area (TPSA) is 102 Å². The lowest BCUT2D eigenvalue weighted by molar-refractivity contribution is -0.139. The number of hydrogen-bond acceptors (Lipinski definition) is 5. The van der Waals surface area contributed by atoms with Gasteiger partial charge in [0.25, 0.3) is 5.91 Å². The first-order valence-electron chi connectivity index (χ1n) is 9.75. The van der Waals surface area contributed by atoms with Gasteiger partial charge in [0.2, 0.25) is 0 Å². The SMILES string of the molecule is C=CCc1cc(/C=N\NC(=O)c2ccccc2-n2cccc2)cc(OC)c1OCC(=O)O. The van der Waals surface area contributed by atoms with E-state index in [9.17, 15) is 9.59 Å². The summed E-state index contributed by atoms with van der Waals surface area (Å²) in [5.74, 6) is -0.761. The van der Waals surface area contributed by atoms with E-state index in [-0.39, 0.29) is 5.91 Å². The molecule has 3 aromatic rings. The number of hydrogen-bond donors (Lipinski definition) is 2. The molecule has 0 saturated carbocycles. The highest BCUT2D eigenvalue weighted by Crippen LogP contribution is 2.33. The fourth-order valence-corrected chi connectivity index (χ4v) is 3.13. The van der Waals surface area contributed by atoms with Crippen molar-refractivity contribution in [3.8, 4) is 17.2 Å². The molecular formula is C24H23N3O5. The maximum atomic E-state index is 12.7. The fraction of sp³-hybridized carbons (Fsp3) is 0.125. The standard InChI is InChI=1S/C24H23N3O5/c1-3-8-18-13-17(14-21(31-2)23(18)32-16-22(28)29)15-25-26-24(30)19-9-4-5-10-20(19)27-11-6-7-12-27/h3-7,9-15H,1,8,16H2,2H3,(H,26,30)(H,28,29)/b25-15-. The van der Waals surface area contributed by atoms with Gasteiger partial charge in [-0.1, -0.05) is 18.2 Å². The Kier molecular flexibility index (Phi) is 7.42. The van der Waals surface area contributed by atoms with Crippen molar-refractivity contribution in [1.29, 1.82) is 0 Å². The van der Waals surface area contributed by atoms with Crippen molar-refractivity contribution in [3.05, 3.63) is 90.3 Å². The van der Waals surface area contributed by atoms with E-state index in [1.54, 1.807) is 30.3 Å². The van der Waals surface area contributed by atoms with Crippen LogP contribution in [0.4, 0.5) is 0 Å². The van der Waals surface area contributed by atoms with Crippen LogP contribution in [0, 0.1) is 0 Å². The van der Waals surface area contributed by atoms with E-state index in [2.05, 4.69) is 17.1 Å². The average Bonchev–Trinajstić information content (AvgIpc) is 3.33. The Morgan fingerprint density at radius 3 is 2.62 bits per heavy atom. The second kappa shape index (κ2) is 10.6. The Labute approximate surface area is 185 Å². The lowest BCUT2D eigenvalue weighted by Crippen LogP contribution is -2.19. The van der Waals surface area contributed by atoms with Gasteiger partial charge < -0.3 is 19.1 Å². The van der Waals surface area contributed by atoms with E-state index >= 15 is 0 Å². The predicted octanol–water partition coefficient (Wildman–Crippen LogP) is 3.44. The third kappa shape index (κ3) is 5.42. The number of amides is 1. The third-order valence-electron chi connectivity index (χ3n) is 4.49. The minimum Gasteiger partial charge on any atom is -0.493 e. The second-order valence-corrected chi connectivity index (χ2v) is 6.69. The Hall–Kier alpha value is -4.33. The molecule has 32 heavy (non-hydrogen) atoms. The van der Waals surface area contributed by atoms with Crippen LogP contribution in [0.2, 0.25) is 0 Å². The van der Waals surface area contributed by atoms with Crippen LogP contribution in [0.5, 0.6) is 11.5 Å². The van der Waals surface area contributed by atoms with E-state index in [4.69, 9.17) is 14.6 Å². The molecule has 164 valence electrons. The lowest BCUT2D eigenvalue weighted by atomic mass is 10.1. The summed E-state index contributed by atoms with van der Waals surface area (Å²) >= 11 is 0. The first kappa shape index (κ1) is 22.4. The number of aliphatic carboxylic acids is 1. The monoisotopic (exact) mass is 433 g/mol. The van der Waals surface area contributed by atoms with Crippen molar-refractivity contribution in [2.45, 2.75) is 6.42 Å². The molecule has 3 rings (SSSR count). The number of benzene rings is 2. The smallest absolute Gasteiger partial charge is 0.341 e. The van der Waals surface area contributed by atoms with Gasteiger partial charge in [-0.3, -0.25) is 4.79 Å². The molecular weight excluding hydrogens is 410 g/mol. The minimum absolute atomic E-state index is 0.330. The number of nitrogens with one attached hydrogen (secondary N) is 1. The highest BCUT2D eigenvalue weighted by atomic mass is 16.5. The first-order valence-corrected chi connectivity index (χ1v) is 9.75. The van der Waals surface area contributed by atoms with E-state index in [0.29, 0.717) is 34.6 Å². The second-order valence-electron chi connectivity index (χ2n) is 6.69. The van der Waals surface area contributed by atoms with Crippen LogP contribution in [0.1, 0.15) is 21.5 Å². The van der Waals surface area contributed by atoms with Crippen LogP contribution >= 0.6 is 0 Å². The minimum atomic E-state index is -1.09. The molecule has 0 fully saturated rings. The zero-order valence-electron chi connectivity index (χ0n) is 17.5. The third-order valence-corrected chi connectivity index (χ3v) is 4.49. The number of rotatable bonds is 10. The number of methoxy groups -OCH3 is 1. The largest absolute Gasteiger partial charge is 0.493 e. The van der Waals surface area contributed by atoms with Crippen molar-refractivity contribution >= 4 is 18.1 Å². The molecule has 0 bridgehead atoms. The lowest BCUT2D eigenvalue weighted by Gasteiger charge is -2.14. The molecule has 0 aliphatic heterocycles. The quantitative estimate of drug-likeness (QED) is 0.290. The molecule has 2 aromatic carbocycles. The number of carboxylic acids is 1. The summed E-state index contributed by atoms with van der Waals surface area (Å²) in [4.78, 5) is 23.6. The van der Waals surface area contributed by atoms with Crippen molar-refractivity contribution < 1.29 is 24.2 Å². The number of hydrazone groups is 1. The zero-order chi connectivity index (χ0) is 22.9. The summed E-state index contributed by atoms with van der Waals surface area (Å²) in [5, 5.41) is 13.0. The summed E-state index contributed by atoms with van der Waals surface area (Å²) in [7, 11) is 1.46.